The normalized spacial score (nSPS) is 30.0. The molecule has 3 N–H and O–H groups in total. The lowest BCUT2D eigenvalue weighted by Gasteiger charge is -2.39. The fraction of sp³-hybridized carbons (Fsp3) is 0.538. The Labute approximate surface area is 109 Å². The quantitative estimate of drug-likeness (QED) is 0.782. The molecule has 4 nitrogen and oxygen atoms in total. The Balaban J connectivity index is 2.15. The third kappa shape index (κ3) is 2.96. The van der Waals surface area contributed by atoms with Gasteiger partial charge in [0.05, 0.1) is 18.6 Å². The van der Waals surface area contributed by atoms with Crippen LogP contribution < -0.4 is 4.74 Å². The van der Waals surface area contributed by atoms with Gasteiger partial charge in [0.15, 0.2) is 6.10 Å². The van der Waals surface area contributed by atoms with E-state index in [0.29, 0.717) is 0 Å². The number of aliphatic hydroxyl groups excluding tert-OH is 2. The Morgan fingerprint density at radius 1 is 1.21 bits per heavy atom. The number of ether oxygens (including phenoxy) is 1. The fourth-order valence-corrected chi connectivity index (χ4v) is 2.26. The van der Waals surface area contributed by atoms with Crippen LogP contribution in [0.2, 0.25) is 0 Å². The maximum Gasteiger partial charge on any atom is 0.289 e. The predicted molar refractivity (Wildman–Crippen MR) is 63.3 cm³/mol. The molecule has 0 aromatic heterocycles. The third-order valence-corrected chi connectivity index (χ3v) is 3.35. The van der Waals surface area contributed by atoms with E-state index in [1.807, 2.05) is 0 Å². The second kappa shape index (κ2) is 5.30. The van der Waals surface area contributed by atoms with Gasteiger partial charge < -0.3 is 20.1 Å². The van der Waals surface area contributed by atoms with E-state index in [1.54, 1.807) is 0 Å². The molecule has 1 aliphatic rings. The highest BCUT2D eigenvalue weighted by Crippen LogP contribution is 2.40. The first kappa shape index (κ1) is 14.0. The van der Waals surface area contributed by atoms with E-state index in [4.69, 9.17) is 14.9 Å². The molecule has 1 saturated carbocycles. The van der Waals surface area contributed by atoms with Crippen LogP contribution in [0.15, 0.2) is 24.3 Å². The number of benzene rings is 1. The standard InChI is InChI=1S/C13H16F2O4/c14-13(15)8(7-16)5-10(18)6-12(13)19-11-3-1-9(17)2-4-11/h1-4,8,10,12,16-18H,5-7H2/t8-,10?,12?/m0/s1. The second-order valence-corrected chi connectivity index (χ2v) is 4.78. The molecule has 0 spiro atoms. The van der Waals surface area contributed by atoms with Crippen LogP contribution in [0.25, 0.3) is 0 Å². The van der Waals surface area contributed by atoms with Crippen LogP contribution in [0, 0.1) is 5.92 Å². The molecule has 0 saturated heterocycles. The number of alkyl halides is 2. The Morgan fingerprint density at radius 3 is 2.42 bits per heavy atom. The Kier molecular flexibility index (Phi) is 3.91. The average Bonchev–Trinajstić information content (AvgIpc) is 2.36. The third-order valence-electron chi connectivity index (χ3n) is 3.35. The summed E-state index contributed by atoms with van der Waals surface area (Å²) < 4.78 is 33.2. The highest BCUT2D eigenvalue weighted by Gasteiger charge is 2.53. The van der Waals surface area contributed by atoms with E-state index in [-0.39, 0.29) is 24.3 Å². The summed E-state index contributed by atoms with van der Waals surface area (Å²) in [5.41, 5.74) is 0. The van der Waals surface area contributed by atoms with Crippen LogP contribution in [-0.4, -0.2) is 40.1 Å². The van der Waals surface area contributed by atoms with Gasteiger partial charge in [0.25, 0.3) is 5.92 Å². The molecule has 1 aliphatic carbocycles. The van der Waals surface area contributed by atoms with Gasteiger partial charge in [0.1, 0.15) is 11.5 Å². The Hall–Kier alpha value is -1.40. The molecular formula is C13H16F2O4. The molecule has 0 heterocycles. The number of halogens is 2. The first-order valence-corrected chi connectivity index (χ1v) is 6.06. The van der Waals surface area contributed by atoms with Gasteiger partial charge in [-0.1, -0.05) is 0 Å². The van der Waals surface area contributed by atoms with Crippen LogP contribution >= 0.6 is 0 Å². The van der Waals surface area contributed by atoms with Crippen LogP contribution in [-0.2, 0) is 0 Å². The molecule has 1 fully saturated rings. The number of hydrogen-bond acceptors (Lipinski definition) is 4. The smallest absolute Gasteiger partial charge is 0.289 e. The molecular weight excluding hydrogens is 258 g/mol. The number of phenolic OH excluding ortho intramolecular Hbond substituents is 1. The topological polar surface area (TPSA) is 69.9 Å². The van der Waals surface area contributed by atoms with Crippen LogP contribution in [0.5, 0.6) is 11.5 Å². The molecule has 1 aromatic rings. The van der Waals surface area contributed by atoms with Crippen molar-refractivity contribution in [1.29, 1.82) is 0 Å². The van der Waals surface area contributed by atoms with E-state index < -0.39 is 30.7 Å². The molecule has 6 heteroatoms. The zero-order valence-electron chi connectivity index (χ0n) is 10.2. The number of phenols is 1. The maximum absolute atomic E-state index is 14.0. The molecule has 0 radical (unpaired) electrons. The lowest BCUT2D eigenvalue weighted by atomic mass is 9.82. The van der Waals surface area contributed by atoms with Crippen molar-refractivity contribution in [2.24, 2.45) is 5.92 Å². The molecule has 106 valence electrons. The van der Waals surface area contributed by atoms with Crippen molar-refractivity contribution in [3.8, 4) is 11.5 Å². The van der Waals surface area contributed by atoms with Crippen LogP contribution in [0.3, 0.4) is 0 Å². The first-order chi connectivity index (χ1) is 8.93. The van der Waals surface area contributed by atoms with E-state index in [0.717, 1.165) is 0 Å². The van der Waals surface area contributed by atoms with Gasteiger partial charge in [0.2, 0.25) is 0 Å². The van der Waals surface area contributed by atoms with Gasteiger partial charge in [-0.2, -0.15) is 0 Å². The molecule has 2 rings (SSSR count). The van der Waals surface area contributed by atoms with Gasteiger partial charge in [-0.3, -0.25) is 0 Å². The minimum Gasteiger partial charge on any atom is -0.508 e. The molecule has 2 unspecified atom stereocenters. The van der Waals surface area contributed by atoms with Gasteiger partial charge >= 0.3 is 0 Å². The monoisotopic (exact) mass is 274 g/mol. The van der Waals surface area contributed by atoms with Crippen molar-refractivity contribution in [2.75, 3.05) is 6.61 Å². The van der Waals surface area contributed by atoms with E-state index in [9.17, 15) is 13.9 Å². The van der Waals surface area contributed by atoms with Crippen molar-refractivity contribution >= 4 is 0 Å². The van der Waals surface area contributed by atoms with E-state index in [1.165, 1.54) is 24.3 Å². The number of aromatic hydroxyl groups is 1. The summed E-state index contributed by atoms with van der Waals surface area (Å²) in [5.74, 6) is -4.31. The van der Waals surface area contributed by atoms with Crippen molar-refractivity contribution in [3.63, 3.8) is 0 Å². The summed E-state index contributed by atoms with van der Waals surface area (Å²) in [5, 5.41) is 27.7. The van der Waals surface area contributed by atoms with E-state index in [2.05, 4.69) is 0 Å². The number of hydrogen-bond donors (Lipinski definition) is 3. The zero-order valence-corrected chi connectivity index (χ0v) is 10.2. The Morgan fingerprint density at radius 2 is 1.84 bits per heavy atom. The van der Waals surface area contributed by atoms with Gasteiger partial charge in [-0.15, -0.1) is 0 Å². The van der Waals surface area contributed by atoms with E-state index >= 15 is 0 Å². The number of rotatable bonds is 3. The van der Waals surface area contributed by atoms with Crippen molar-refractivity contribution in [1.82, 2.24) is 0 Å². The number of aliphatic hydroxyl groups is 2. The molecule has 0 amide bonds. The molecule has 0 aliphatic heterocycles. The molecule has 1 aromatic carbocycles. The largest absolute Gasteiger partial charge is 0.508 e. The summed E-state index contributed by atoms with van der Waals surface area (Å²) in [6, 6.07) is 5.41. The summed E-state index contributed by atoms with van der Waals surface area (Å²) >= 11 is 0. The predicted octanol–water partition coefficient (Wildman–Crippen LogP) is 1.54. The minimum atomic E-state index is -3.20. The van der Waals surface area contributed by atoms with Gasteiger partial charge in [-0.25, -0.2) is 8.78 Å². The summed E-state index contributed by atoms with van der Waals surface area (Å²) in [6.45, 7) is -0.695. The highest BCUT2D eigenvalue weighted by molar-refractivity contribution is 5.30. The van der Waals surface area contributed by atoms with Crippen molar-refractivity contribution < 1.29 is 28.8 Å². The zero-order chi connectivity index (χ0) is 14.0. The molecule has 3 atom stereocenters. The van der Waals surface area contributed by atoms with Gasteiger partial charge in [-0.05, 0) is 30.7 Å². The minimum absolute atomic E-state index is 0.0102. The summed E-state index contributed by atoms with van der Waals surface area (Å²) in [7, 11) is 0. The van der Waals surface area contributed by atoms with Crippen LogP contribution in [0.1, 0.15) is 12.8 Å². The summed E-state index contributed by atoms with van der Waals surface area (Å²) in [6.07, 6.45) is -2.74. The molecule has 19 heavy (non-hydrogen) atoms. The van der Waals surface area contributed by atoms with Crippen molar-refractivity contribution in [3.05, 3.63) is 24.3 Å². The molecule has 0 bridgehead atoms. The van der Waals surface area contributed by atoms with Crippen molar-refractivity contribution in [2.45, 2.75) is 31.0 Å². The highest BCUT2D eigenvalue weighted by atomic mass is 19.3. The second-order valence-electron chi connectivity index (χ2n) is 4.78. The van der Waals surface area contributed by atoms with Crippen LogP contribution in [0.4, 0.5) is 8.78 Å². The lowest BCUT2D eigenvalue weighted by molar-refractivity contribution is -0.187. The SMILES string of the molecule is OC[C@@H]1CC(O)CC(Oc2ccc(O)cc2)C1(F)F. The van der Waals surface area contributed by atoms with Gasteiger partial charge in [0, 0.05) is 6.42 Å². The fourth-order valence-electron chi connectivity index (χ4n) is 2.26. The Bertz CT molecular complexity index is 421. The maximum atomic E-state index is 14.0. The lowest BCUT2D eigenvalue weighted by Crippen LogP contribution is -2.52. The first-order valence-electron chi connectivity index (χ1n) is 6.06. The average molecular weight is 274 g/mol. The summed E-state index contributed by atoms with van der Waals surface area (Å²) in [4.78, 5) is 0.